The number of rotatable bonds is 8. The standard InChI is InChI=1S/C14H24N2O2S/c1-3-8-16(4-2)9-10-19(17,18)14-7-5-6-13(11-14)12-15/h5-7,11H,3-4,8-10,12,15H2,1-2H3. The van der Waals surface area contributed by atoms with Crippen LogP contribution in [0.2, 0.25) is 0 Å². The first-order chi connectivity index (χ1) is 9.03. The van der Waals surface area contributed by atoms with Gasteiger partial charge in [-0.2, -0.15) is 0 Å². The van der Waals surface area contributed by atoms with Gasteiger partial charge in [0.15, 0.2) is 9.84 Å². The molecule has 108 valence electrons. The van der Waals surface area contributed by atoms with E-state index in [0.717, 1.165) is 25.1 Å². The molecular weight excluding hydrogens is 260 g/mol. The zero-order chi connectivity index (χ0) is 14.3. The van der Waals surface area contributed by atoms with Gasteiger partial charge in [-0.3, -0.25) is 0 Å². The molecule has 0 saturated heterocycles. The Bertz CT molecular complexity index is 486. The van der Waals surface area contributed by atoms with E-state index < -0.39 is 9.84 Å². The van der Waals surface area contributed by atoms with Gasteiger partial charge in [0.2, 0.25) is 0 Å². The van der Waals surface area contributed by atoms with Crippen LogP contribution in [0.25, 0.3) is 0 Å². The fourth-order valence-corrected chi connectivity index (χ4v) is 3.33. The predicted octanol–water partition coefficient (Wildman–Crippen LogP) is 1.65. The molecule has 5 heteroatoms. The molecule has 0 atom stereocenters. The third-order valence-corrected chi connectivity index (χ3v) is 4.85. The van der Waals surface area contributed by atoms with Crippen LogP contribution in [-0.4, -0.2) is 38.7 Å². The molecule has 2 N–H and O–H groups in total. The van der Waals surface area contributed by atoms with Gasteiger partial charge in [0.1, 0.15) is 0 Å². The van der Waals surface area contributed by atoms with Gasteiger partial charge in [-0.25, -0.2) is 8.42 Å². The van der Waals surface area contributed by atoms with Crippen molar-refractivity contribution in [3.8, 4) is 0 Å². The Labute approximate surface area is 116 Å². The first-order valence-electron chi connectivity index (χ1n) is 6.77. The van der Waals surface area contributed by atoms with Crippen molar-refractivity contribution in [1.29, 1.82) is 0 Å². The number of hydrogen-bond donors (Lipinski definition) is 1. The Morgan fingerprint density at radius 2 is 1.95 bits per heavy atom. The summed E-state index contributed by atoms with van der Waals surface area (Å²) in [4.78, 5) is 2.53. The van der Waals surface area contributed by atoms with E-state index in [4.69, 9.17) is 5.73 Å². The van der Waals surface area contributed by atoms with Crippen molar-refractivity contribution in [2.24, 2.45) is 5.73 Å². The van der Waals surface area contributed by atoms with E-state index in [9.17, 15) is 8.42 Å². The molecule has 0 aliphatic rings. The highest BCUT2D eigenvalue weighted by Crippen LogP contribution is 2.13. The van der Waals surface area contributed by atoms with Crippen LogP contribution in [0.4, 0.5) is 0 Å². The van der Waals surface area contributed by atoms with Crippen LogP contribution < -0.4 is 5.73 Å². The molecule has 0 fully saturated rings. The molecule has 19 heavy (non-hydrogen) atoms. The van der Waals surface area contributed by atoms with Crippen LogP contribution in [0.5, 0.6) is 0 Å². The van der Waals surface area contributed by atoms with E-state index in [1.807, 2.05) is 6.07 Å². The lowest BCUT2D eigenvalue weighted by molar-refractivity contribution is 0.305. The van der Waals surface area contributed by atoms with Gasteiger partial charge in [-0.15, -0.1) is 0 Å². The lowest BCUT2D eigenvalue weighted by atomic mass is 10.2. The van der Waals surface area contributed by atoms with E-state index >= 15 is 0 Å². The SMILES string of the molecule is CCCN(CC)CCS(=O)(=O)c1cccc(CN)c1. The monoisotopic (exact) mass is 284 g/mol. The number of sulfone groups is 1. The van der Waals surface area contributed by atoms with Crippen molar-refractivity contribution < 1.29 is 8.42 Å². The van der Waals surface area contributed by atoms with Crippen molar-refractivity contribution in [2.75, 3.05) is 25.4 Å². The van der Waals surface area contributed by atoms with Crippen molar-refractivity contribution in [3.05, 3.63) is 29.8 Å². The highest BCUT2D eigenvalue weighted by Gasteiger charge is 2.16. The molecule has 1 aromatic rings. The Kier molecular flexibility index (Phi) is 6.48. The predicted molar refractivity (Wildman–Crippen MR) is 78.8 cm³/mol. The average molecular weight is 284 g/mol. The van der Waals surface area contributed by atoms with Gasteiger partial charge in [0.25, 0.3) is 0 Å². The molecule has 0 amide bonds. The minimum atomic E-state index is -3.21. The van der Waals surface area contributed by atoms with E-state index in [1.165, 1.54) is 0 Å². The summed E-state index contributed by atoms with van der Waals surface area (Å²) in [6, 6.07) is 6.91. The maximum atomic E-state index is 12.3. The first kappa shape index (κ1) is 16.1. The Balaban J connectivity index is 2.74. The number of nitrogens with zero attached hydrogens (tertiary/aromatic N) is 1. The van der Waals surface area contributed by atoms with Gasteiger partial charge in [0.05, 0.1) is 10.6 Å². The maximum Gasteiger partial charge on any atom is 0.179 e. The topological polar surface area (TPSA) is 63.4 Å². The largest absolute Gasteiger partial charge is 0.326 e. The van der Waals surface area contributed by atoms with Gasteiger partial charge < -0.3 is 10.6 Å². The summed E-state index contributed by atoms with van der Waals surface area (Å²) < 4.78 is 24.5. The highest BCUT2D eigenvalue weighted by molar-refractivity contribution is 7.91. The third kappa shape index (κ3) is 4.93. The van der Waals surface area contributed by atoms with Crippen LogP contribution in [0.3, 0.4) is 0 Å². The minimum absolute atomic E-state index is 0.162. The summed E-state index contributed by atoms with van der Waals surface area (Å²) in [5, 5.41) is 0. The first-order valence-corrected chi connectivity index (χ1v) is 8.42. The zero-order valence-electron chi connectivity index (χ0n) is 11.8. The third-order valence-electron chi connectivity index (χ3n) is 3.16. The van der Waals surface area contributed by atoms with E-state index in [0.29, 0.717) is 18.0 Å². The summed E-state index contributed by atoms with van der Waals surface area (Å²) in [7, 11) is -3.21. The average Bonchev–Trinajstić information content (AvgIpc) is 2.43. The summed E-state index contributed by atoms with van der Waals surface area (Å²) in [6.45, 7) is 6.92. The van der Waals surface area contributed by atoms with Gasteiger partial charge >= 0.3 is 0 Å². The summed E-state index contributed by atoms with van der Waals surface area (Å²) in [5.41, 5.74) is 6.39. The van der Waals surface area contributed by atoms with Crippen LogP contribution in [-0.2, 0) is 16.4 Å². The fraction of sp³-hybridized carbons (Fsp3) is 0.571. The molecule has 0 aliphatic heterocycles. The van der Waals surface area contributed by atoms with Crippen LogP contribution in [0.1, 0.15) is 25.8 Å². The molecule has 0 spiro atoms. The molecule has 1 aromatic carbocycles. The van der Waals surface area contributed by atoms with Crippen molar-refractivity contribution in [2.45, 2.75) is 31.7 Å². The smallest absolute Gasteiger partial charge is 0.179 e. The van der Waals surface area contributed by atoms with Crippen LogP contribution in [0, 0.1) is 0 Å². The number of nitrogens with two attached hydrogens (primary N) is 1. The van der Waals surface area contributed by atoms with Gasteiger partial charge in [-0.1, -0.05) is 26.0 Å². The Morgan fingerprint density at radius 3 is 2.53 bits per heavy atom. The van der Waals surface area contributed by atoms with Crippen molar-refractivity contribution in [3.63, 3.8) is 0 Å². The highest BCUT2D eigenvalue weighted by atomic mass is 32.2. The lowest BCUT2D eigenvalue weighted by Gasteiger charge is -2.19. The molecule has 4 nitrogen and oxygen atoms in total. The number of hydrogen-bond acceptors (Lipinski definition) is 4. The normalized spacial score (nSPS) is 12.0. The molecule has 0 saturated carbocycles. The van der Waals surface area contributed by atoms with Crippen molar-refractivity contribution >= 4 is 9.84 Å². The second-order valence-corrected chi connectivity index (χ2v) is 6.71. The molecule has 0 radical (unpaired) electrons. The molecule has 0 aromatic heterocycles. The maximum absolute atomic E-state index is 12.3. The summed E-state index contributed by atoms with van der Waals surface area (Å²) in [6.07, 6.45) is 1.04. The molecule has 0 heterocycles. The minimum Gasteiger partial charge on any atom is -0.326 e. The van der Waals surface area contributed by atoms with E-state index in [-0.39, 0.29) is 5.75 Å². The number of benzene rings is 1. The quantitative estimate of drug-likeness (QED) is 0.788. The molecule has 0 unspecified atom stereocenters. The molecule has 1 rings (SSSR count). The van der Waals surface area contributed by atoms with E-state index in [1.54, 1.807) is 18.2 Å². The van der Waals surface area contributed by atoms with Gasteiger partial charge in [-0.05, 0) is 37.2 Å². The van der Waals surface area contributed by atoms with E-state index in [2.05, 4.69) is 18.7 Å². The Hall–Kier alpha value is -0.910. The lowest BCUT2D eigenvalue weighted by Crippen LogP contribution is -2.30. The molecule has 0 bridgehead atoms. The van der Waals surface area contributed by atoms with Crippen LogP contribution >= 0.6 is 0 Å². The van der Waals surface area contributed by atoms with Crippen LogP contribution in [0.15, 0.2) is 29.2 Å². The molecule has 0 aliphatic carbocycles. The summed E-state index contributed by atoms with van der Waals surface area (Å²) >= 11 is 0. The van der Waals surface area contributed by atoms with Gasteiger partial charge in [0, 0.05) is 13.1 Å². The second kappa shape index (κ2) is 7.62. The zero-order valence-corrected chi connectivity index (χ0v) is 12.6. The van der Waals surface area contributed by atoms with Crippen molar-refractivity contribution in [1.82, 2.24) is 4.90 Å². The second-order valence-electron chi connectivity index (χ2n) is 4.60. The molecular formula is C14H24N2O2S. The summed E-state index contributed by atoms with van der Waals surface area (Å²) in [5.74, 6) is 0.162. The fourth-order valence-electron chi connectivity index (χ4n) is 1.98. The Morgan fingerprint density at radius 1 is 1.21 bits per heavy atom.